The Balaban J connectivity index is 1.91. The van der Waals surface area contributed by atoms with Crippen molar-refractivity contribution >= 4 is 5.97 Å². The number of carbonyl (C=O) groups excluding carboxylic acids is 1. The van der Waals surface area contributed by atoms with Gasteiger partial charge in [0.05, 0.1) is 19.8 Å². The van der Waals surface area contributed by atoms with Gasteiger partial charge in [0.2, 0.25) is 0 Å². The van der Waals surface area contributed by atoms with Gasteiger partial charge in [0.25, 0.3) is 0 Å². The molecular formula is C19H27NO4. The van der Waals surface area contributed by atoms with Gasteiger partial charge in [-0.15, -0.1) is 0 Å². The van der Waals surface area contributed by atoms with E-state index in [4.69, 9.17) is 14.2 Å². The van der Waals surface area contributed by atoms with Gasteiger partial charge in [-0.25, -0.2) is 4.79 Å². The van der Waals surface area contributed by atoms with Crippen molar-refractivity contribution in [1.29, 1.82) is 0 Å². The van der Waals surface area contributed by atoms with E-state index in [0.717, 1.165) is 25.1 Å². The van der Waals surface area contributed by atoms with E-state index in [1.807, 2.05) is 13.0 Å². The van der Waals surface area contributed by atoms with Gasteiger partial charge in [-0.05, 0) is 56.6 Å². The molecule has 1 heterocycles. The normalized spacial score (nSPS) is 29.0. The third-order valence-electron chi connectivity index (χ3n) is 5.57. The number of hydrogen-bond donors (Lipinski definition) is 0. The van der Waals surface area contributed by atoms with Crippen LogP contribution in [0.4, 0.5) is 0 Å². The number of benzene rings is 1. The van der Waals surface area contributed by atoms with E-state index in [9.17, 15) is 4.79 Å². The number of piperidine rings is 1. The van der Waals surface area contributed by atoms with Crippen LogP contribution in [0.3, 0.4) is 0 Å². The van der Waals surface area contributed by atoms with Crippen molar-refractivity contribution in [3.63, 3.8) is 0 Å². The highest BCUT2D eigenvalue weighted by Crippen LogP contribution is 2.46. The molecule has 0 N–H and O–H groups in total. The van der Waals surface area contributed by atoms with Gasteiger partial charge in [0, 0.05) is 11.5 Å². The minimum Gasteiger partial charge on any atom is -0.497 e. The standard InChI is InChI=1S/C19H27NO4/c1-5-23-17(21)12-24-18-16-10-13-6-7-14(22-4)11-15(13)19(18,2)8-9-20(16)3/h6-7,11,16,18H,5,8-10,12H2,1-4H3. The predicted molar refractivity (Wildman–Crippen MR) is 91.5 cm³/mol. The van der Waals surface area contributed by atoms with E-state index in [0.29, 0.717) is 6.61 Å². The first-order chi connectivity index (χ1) is 11.5. The molecule has 1 aliphatic heterocycles. The Morgan fingerprint density at radius 1 is 1.42 bits per heavy atom. The number of likely N-dealkylation sites (N-methyl/N-ethyl adjacent to an activating group) is 1. The fourth-order valence-electron chi connectivity index (χ4n) is 4.20. The van der Waals surface area contributed by atoms with E-state index in [1.165, 1.54) is 11.1 Å². The first-order valence-corrected chi connectivity index (χ1v) is 8.64. The van der Waals surface area contributed by atoms with Crippen LogP contribution in [0.1, 0.15) is 31.4 Å². The number of rotatable bonds is 5. The molecular weight excluding hydrogens is 306 g/mol. The van der Waals surface area contributed by atoms with E-state index in [2.05, 4.69) is 31.0 Å². The zero-order chi connectivity index (χ0) is 17.3. The molecule has 1 aromatic rings. The van der Waals surface area contributed by atoms with Crippen LogP contribution in [0.2, 0.25) is 0 Å². The fraction of sp³-hybridized carbons (Fsp3) is 0.632. The fourth-order valence-corrected chi connectivity index (χ4v) is 4.20. The molecule has 3 atom stereocenters. The molecule has 2 aliphatic rings. The second kappa shape index (κ2) is 6.73. The average molecular weight is 333 g/mol. The molecule has 5 heteroatoms. The molecule has 3 unspecified atom stereocenters. The smallest absolute Gasteiger partial charge is 0.332 e. The first-order valence-electron chi connectivity index (χ1n) is 8.64. The van der Waals surface area contributed by atoms with Crippen molar-refractivity contribution in [2.75, 3.05) is 33.9 Å². The molecule has 24 heavy (non-hydrogen) atoms. The third kappa shape index (κ3) is 2.91. The summed E-state index contributed by atoms with van der Waals surface area (Å²) in [6.45, 7) is 5.48. The molecule has 2 bridgehead atoms. The van der Waals surface area contributed by atoms with E-state index in [1.54, 1.807) is 7.11 Å². The summed E-state index contributed by atoms with van der Waals surface area (Å²) in [5.41, 5.74) is 2.53. The lowest BCUT2D eigenvalue weighted by Gasteiger charge is -2.54. The van der Waals surface area contributed by atoms with Crippen LogP contribution < -0.4 is 4.74 Å². The highest BCUT2D eigenvalue weighted by Gasteiger charge is 2.51. The quantitative estimate of drug-likeness (QED) is 0.773. The van der Waals surface area contributed by atoms with Gasteiger partial charge < -0.3 is 19.1 Å². The van der Waals surface area contributed by atoms with Crippen LogP contribution >= 0.6 is 0 Å². The van der Waals surface area contributed by atoms with Gasteiger partial charge in [-0.3, -0.25) is 0 Å². The van der Waals surface area contributed by atoms with Crippen molar-refractivity contribution < 1.29 is 19.0 Å². The first kappa shape index (κ1) is 17.2. The number of methoxy groups -OCH3 is 1. The maximum Gasteiger partial charge on any atom is 0.332 e. The summed E-state index contributed by atoms with van der Waals surface area (Å²) in [4.78, 5) is 14.1. The second-order valence-corrected chi connectivity index (χ2v) is 6.98. The lowest BCUT2D eigenvalue weighted by Crippen LogP contribution is -2.62. The Kier molecular flexibility index (Phi) is 4.83. The van der Waals surface area contributed by atoms with Crippen LogP contribution in [0.15, 0.2) is 18.2 Å². The van der Waals surface area contributed by atoms with Crippen LogP contribution in [0.5, 0.6) is 5.75 Å². The van der Waals surface area contributed by atoms with Crippen molar-refractivity contribution in [1.82, 2.24) is 4.90 Å². The van der Waals surface area contributed by atoms with Crippen molar-refractivity contribution in [2.45, 2.75) is 44.2 Å². The lowest BCUT2D eigenvalue weighted by molar-refractivity contribution is -0.157. The molecule has 5 nitrogen and oxygen atoms in total. The summed E-state index contributed by atoms with van der Waals surface area (Å²) in [5, 5.41) is 0. The number of carbonyl (C=O) groups is 1. The summed E-state index contributed by atoms with van der Waals surface area (Å²) in [6.07, 6.45) is 1.90. The Bertz CT molecular complexity index is 617. The zero-order valence-corrected chi connectivity index (χ0v) is 15.0. The summed E-state index contributed by atoms with van der Waals surface area (Å²) >= 11 is 0. The van der Waals surface area contributed by atoms with Gasteiger partial charge in [0.15, 0.2) is 0 Å². The van der Waals surface area contributed by atoms with E-state index >= 15 is 0 Å². The Labute approximate surface area is 143 Å². The molecule has 0 radical (unpaired) electrons. The number of esters is 1. The minimum atomic E-state index is -0.293. The summed E-state index contributed by atoms with van der Waals surface area (Å²) < 4.78 is 16.6. The molecule has 1 aliphatic carbocycles. The summed E-state index contributed by atoms with van der Waals surface area (Å²) in [7, 11) is 3.83. The summed E-state index contributed by atoms with van der Waals surface area (Å²) in [6, 6.07) is 6.61. The maximum absolute atomic E-state index is 11.8. The number of likely N-dealkylation sites (tertiary alicyclic amines) is 1. The molecule has 3 rings (SSSR count). The number of nitrogens with zero attached hydrogens (tertiary/aromatic N) is 1. The van der Waals surface area contributed by atoms with Crippen molar-refractivity contribution in [2.24, 2.45) is 0 Å². The highest BCUT2D eigenvalue weighted by molar-refractivity contribution is 5.70. The lowest BCUT2D eigenvalue weighted by atomic mass is 9.63. The molecule has 1 fully saturated rings. The van der Waals surface area contributed by atoms with Gasteiger partial charge in [-0.1, -0.05) is 13.0 Å². The minimum absolute atomic E-state index is 0.0116. The number of hydrogen-bond acceptors (Lipinski definition) is 5. The van der Waals surface area contributed by atoms with Crippen LogP contribution in [0, 0.1) is 0 Å². The van der Waals surface area contributed by atoms with Gasteiger partial charge in [-0.2, -0.15) is 0 Å². The molecule has 0 aromatic heterocycles. The molecule has 132 valence electrons. The molecule has 0 saturated carbocycles. The SMILES string of the molecule is CCOC(=O)COC1C2Cc3ccc(OC)cc3C1(C)CCN2C. The van der Waals surface area contributed by atoms with E-state index in [-0.39, 0.29) is 30.1 Å². The maximum atomic E-state index is 11.8. The topological polar surface area (TPSA) is 48.0 Å². The van der Waals surface area contributed by atoms with Gasteiger partial charge in [0.1, 0.15) is 12.4 Å². The zero-order valence-electron chi connectivity index (χ0n) is 15.0. The molecule has 1 aromatic carbocycles. The average Bonchev–Trinajstić information content (AvgIpc) is 2.57. The number of fused-ring (bicyclic) bond motifs is 4. The number of ether oxygens (including phenoxy) is 3. The van der Waals surface area contributed by atoms with Crippen LogP contribution in [-0.2, 0) is 26.1 Å². The van der Waals surface area contributed by atoms with Crippen LogP contribution in [-0.4, -0.2) is 56.9 Å². The molecule has 0 amide bonds. The monoisotopic (exact) mass is 333 g/mol. The Morgan fingerprint density at radius 3 is 2.92 bits per heavy atom. The largest absolute Gasteiger partial charge is 0.497 e. The highest BCUT2D eigenvalue weighted by atomic mass is 16.6. The predicted octanol–water partition coefficient (Wildman–Crippen LogP) is 2.16. The van der Waals surface area contributed by atoms with Crippen molar-refractivity contribution in [3.05, 3.63) is 29.3 Å². The molecule has 0 spiro atoms. The Morgan fingerprint density at radius 2 is 2.21 bits per heavy atom. The molecule has 1 saturated heterocycles. The Hall–Kier alpha value is -1.59. The van der Waals surface area contributed by atoms with Crippen molar-refractivity contribution in [3.8, 4) is 5.75 Å². The van der Waals surface area contributed by atoms with E-state index < -0.39 is 0 Å². The third-order valence-corrected chi connectivity index (χ3v) is 5.57. The van der Waals surface area contributed by atoms with Gasteiger partial charge >= 0.3 is 5.97 Å². The van der Waals surface area contributed by atoms with Crippen LogP contribution in [0.25, 0.3) is 0 Å². The second-order valence-electron chi connectivity index (χ2n) is 6.98. The summed E-state index contributed by atoms with van der Waals surface area (Å²) in [5.74, 6) is 0.578.